The molecule has 0 saturated heterocycles. The number of carbonyl (C=O) groups excluding carboxylic acids is 2. The largest absolute Gasteiger partial charge is 0.756 e. The van der Waals surface area contributed by atoms with E-state index in [-0.39, 0.29) is 26.1 Å². The minimum absolute atomic E-state index is 0.0291. The molecule has 0 aliphatic rings. The number of hydrogen-bond donors (Lipinski definition) is 0. The number of phosphoric acid groups is 1. The average molecular weight is 496 g/mol. The molecule has 0 aromatic rings. The normalized spacial score (nSPS) is 14.5. The summed E-state index contributed by atoms with van der Waals surface area (Å²) in [6, 6.07) is 0. The van der Waals surface area contributed by atoms with Crippen molar-refractivity contribution < 1.29 is 42.1 Å². The predicted octanol–water partition coefficient (Wildman–Crippen LogP) is 3.98. The molecule has 0 heterocycles. The highest BCUT2D eigenvalue weighted by molar-refractivity contribution is 7.45. The van der Waals surface area contributed by atoms with Gasteiger partial charge in [-0.2, -0.15) is 0 Å². The molecule has 0 aromatic carbocycles. The van der Waals surface area contributed by atoms with Gasteiger partial charge in [-0.3, -0.25) is 14.2 Å². The lowest BCUT2D eigenvalue weighted by molar-refractivity contribution is -0.870. The second kappa shape index (κ2) is 18.4. The molecule has 0 aromatic heterocycles. The third kappa shape index (κ3) is 21.3. The summed E-state index contributed by atoms with van der Waals surface area (Å²) in [5.74, 6) is -0.904. The third-order valence-electron chi connectivity index (χ3n) is 4.85. The first-order valence-corrected chi connectivity index (χ1v) is 13.7. The van der Waals surface area contributed by atoms with Crippen molar-refractivity contribution in [3.8, 4) is 0 Å². The van der Waals surface area contributed by atoms with Gasteiger partial charge in [0.25, 0.3) is 7.82 Å². The second-order valence-electron chi connectivity index (χ2n) is 9.36. The summed E-state index contributed by atoms with van der Waals surface area (Å²) in [7, 11) is 1.16. The number of quaternary nitrogens is 1. The number of hydrogen-bond acceptors (Lipinski definition) is 8. The van der Waals surface area contributed by atoms with Crippen LogP contribution in [0.15, 0.2) is 0 Å². The quantitative estimate of drug-likeness (QED) is 0.102. The lowest BCUT2D eigenvalue weighted by atomic mass is 10.1. The van der Waals surface area contributed by atoms with Crippen molar-refractivity contribution >= 4 is 19.8 Å². The number of esters is 2. The fourth-order valence-corrected chi connectivity index (χ4v) is 3.59. The van der Waals surface area contributed by atoms with E-state index in [2.05, 4.69) is 6.92 Å². The Balaban J connectivity index is 4.47. The zero-order valence-corrected chi connectivity index (χ0v) is 22.2. The smallest absolute Gasteiger partial charge is 0.306 e. The Kier molecular flexibility index (Phi) is 17.8. The monoisotopic (exact) mass is 495 g/mol. The van der Waals surface area contributed by atoms with Crippen molar-refractivity contribution in [2.75, 3.05) is 47.5 Å². The van der Waals surface area contributed by atoms with Gasteiger partial charge in [-0.05, 0) is 12.8 Å². The molecule has 2 unspecified atom stereocenters. The van der Waals surface area contributed by atoms with Crippen LogP contribution in [-0.4, -0.2) is 70.0 Å². The van der Waals surface area contributed by atoms with Gasteiger partial charge < -0.3 is 27.9 Å². The molecule has 0 aliphatic heterocycles. The van der Waals surface area contributed by atoms with E-state index in [0.29, 0.717) is 23.9 Å². The van der Waals surface area contributed by atoms with Crippen molar-refractivity contribution in [2.24, 2.45) is 0 Å². The van der Waals surface area contributed by atoms with Crippen molar-refractivity contribution in [3.63, 3.8) is 0 Å². The van der Waals surface area contributed by atoms with Crippen LogP contribution in [0.4, 0.5) is 0 Å². The molecule has 2 atom stereocenters. The first-order chi connectivity index (χ1) is 15.5. The van der Waals surface area contributed by atoms with Gasteiger partial charge >= 0.3 is 11.9 Å². The van der Waals surface area contributed by atoms with Gasteiger partial charge in [-0.1, -0.05) is 58.8 Å². The topological polar surface area (TPSA) is 111 Å². The van der Waals surface area contributed by atoms with Crippen LogP contribution >= 0.6 is 7.82 Å². The van der Waals surface area contributed by atoms with Crippen molar-refractivity contribution in [3.05, 3.63) is 0 Å². The van der Waals surface area contributed by atoms with Gasteiger partial charge in [0, 0.05) is 12.8 Å². The first-order valence-electron chi connectivity index (χ1n) is 12.2. The Morgan fingerprint density at radius 2 is 1.42 bits per heavy atom. The van der Waals surface area contributed by atoms with Gasteiger partial charge in [0.2, 0.25) is 0 Å². The molecule has 0 N–H and O–H groups in total. The van der Waals surface area contributed by atoms with E-state index < -0.39 is 32.5 Å². The number of unbranched alkanes of at least 4 members (excludes halogenated alkanes) is 7. The van der Waals surface area contributed by atoms with Gasteiger partial charge in [-0.25, -0.2) is 0 Å². The summed E-state index contributed by atoms with van der Waals surface area (Å²) in [5, 5.41) is 0. The molecular weight excluding hydrogens is 449 g/mol. The van der Waals surface area contributed by atoms with Crippen LogP contribution in [0.25, 0.3) is 0 Å². The Hall–Kier alpha value is -0.990. The van der Waals surface area contributed by atoms with E-state index in [1.54, 1.807) is 0 Å². The Morgan fingerprint density at radius 3 is 2.00 bits per heavy atom. The van der Waals surface area contributed by atoms with E-state index in [9.17, 15) is 19.0 Å². The fraction of sp³-hybridized carbons (Fsp3) is 0.913. The lowest BCUT2D eigenvalue weighted by Crippen LogP contribution is -2.37. The number of phosphoric ester groups is 1. The summed E-state index contributed by atoms with van der Waals surface area (Å²) in [6.07, 6.45) is 8.86. The molecule has 196 valence electrons. The zero-order chi connectivity index (χ0) is 25.2. The molecule has 0 spiro atoms. The zero-order valence-electron chi connectivity index (χ0n) is 21.3. The maximum absolute atomic E-state index is 12.2. The molecule has 0 amide bonds. The number of ether oxygens (including phenoxy) is 2. The number of likely N-dealkylation sites (N-methyl/N-ethyl adjacent to an activating group) is 1. The molecular formula is C23H46NO8P. The van der Waals surface area contributed by atoms with Gasteiger partial charge in [0.1, 0.15) is 19.8 Å². The Labute approximate surface area is 200 Å². The molecule has 0 fully saturated rings. The molecule has 0 bridgehead atoms. The predicted molar refractivity (Wildman–Crippen MR) is 125 cm³/mol. The summed E-state index contributed by atoms with van der Waals surface area (Å²) >= 11 is 0. The van der Waals surface area contributed by atoms with E-state index in [0.717, 1.165) is 19.3 Å². The molecule has 0 saturated carbocycles. The maximum Gasteiger partial charge on any atom is 0.306 e. The molecule has 0 radical (unpaired) electrons. The van der Waals surface area contributed by atoms with E-state index >= 15 is 0 Å². The Bertz CT molecular complexity index is 579. The summed E-state index contributed by atoms with van der Waals surface area (Å²) in [5.41, 5.74) is 0. The summed E-state index contributed by atoms with van der Waals surface area (Å²) in [6.45, 7) is 3.74. The number of rotatable bonds is 21. The number of carbonyl (C=O) groups is 2. The van der Waals surface area contributed by atoms with Crippen LogP contribution in [0, 0.1) is 0 Å². The van der Waals surface area contributed by atoms with Crippen LogP contribution in [-0.2, 0) is 32.7 Å². The fourth-order valence-electron chi connectivity index (χ4n) is 2.86. The van der Waals surface area contributed by atoms with Crippen LogP contribution in [0.2, 0.25) is 0 Å². The van der Waals surface area contributed by atoms with Gasteiger partial charge in [-0.15, -0.1) is 0 Å². The van der Waals surface area contributed by atoms with Gasteiger partial charge in [0.05, 0.1) is 27.7 Å². The van der Waals surface area contributed by atoms with Crippen LogP contribution in [0.3, 0.4) is 0 Å². The average Bonchev–Trinajstić information content (AvgIpc) is 2.71. The SMILES string of the molecule is CCCCCCCCCCC(=O)OC(COC(=O)CCC)COP(=O)([O-])OCC[N+](C)(C)C. The lowest BCUT2D eigenvalue weighted by Gasteiger charge is -2.28. The second-order valence-corrected chi connectivity index (χ2v) is 10.8. The highest BCUT2D eigenvalue weighted by Crippen LogP contribution is 2.38. The molecule has 0 aliphatic carbocycles. The van der Waals surface area contributed by atoms with E-state index in [1.165, 1.54) is 25.7 Å². The Morgan fingerprint density at radius 1 is 0.818 bits per heavy atom. The van der Waals surface area contributed by atoms with Crippen LogP contribution < -0.4 is 4.89 Å². The summed E-state index contributed by atoms with van der Waals surface area (Å²) in [4.78, 5) is 35.9. The van der Waals surface area contributed by atoms with E-state index in [4.69, 9.17) is 18.5 Å². The minimum Gasteiger partial charge on any atom is -0.756 e. The highest BCUT2D eigenvalue weighted by atomic mass is 31.2. The van der Waals surface area contributed by atoms with Gasteiger partial charge in [0.15, 0.2) is 6.10 Å². The van der Waals surface area contributed by atoms with Crippen molar-refractivity contribution in [1.29, 1.82) is 0 Å². The third-order valence-corrected chi connectivity index (χ3v) is 5.81. The molecule has 33 heavy (non-hydrogen) atoms. The number of nitrogens with zero attached hydrogens (tertiary/aromatic N) is 1. The molecule has 0 rings (SSSR count). The minimum atomic E-state index is -4.57. The van der Waals surface area contributed by atoms with Crippen molar-refractivity contribution in [1.82, 2.24) is 0 Å². The molecule has 10 heteroatoms. The molecule has 9 nitrogen and oxygen atoms in total. The van der Waals surface area contributed by atoms with Crippen LogP contribution in [0.1, 0.15) is 84.5 Å². The van der Waals surface area contributed by atoms with E-state index in [1.807, 2.05) is 28.1 Å². The standard InChI is InChI=1S/C23H46NO8P/c1-6-8-9-10-11-12-13-14-16-23(26)32-21(19-29-22(25)15-7-2)20-31-33(27,28)30-18-17-24(3,4)5/h21H,6-20H2,1-5H3. The first kappa shape index (κ1) is 32.0. The van der Waals surface area contributed by atoms with Crippen molar-refractivity contribution in [2.45, 2.75) is 90.6 Å². The maximum atomic E-state index is 12.2. The highest BCUT2D eigenvalue weighted by Gasteiger charge is 2.21. The van der Waals surface area contributed by atoms with Crippen LogP contribution in [0.5, 0.6) is 0 Å². The summed E-state index contributed by atoms with van der Waals surface area (Å²) < 4.78 is 32.7.